The second-order valence-electron chi connectivity index (χ2n) is 4.34. The first-order valence-corrected chi connectivity index (χ1v) is 7.99. The Morgan fingerprint density at radius 3 is 2.45 bits per heavy atom. The van der Waals surface area contributed by atoms with Gasteiger partial charge >= 0.3 is 0 Å². The zero-order valence-corrected chi connectivity index (χ0v) is 12.6. The molecular formula is C14H20F2N2OS. The van der Waals surface area contributed by atoms with Gasteiger partial charge in [0.05, 0.1) is 0 Å². The van der Waals surface area contributed by atoms with Crippen LogP contribution in [-0.4, -0.2) is 31.0 Å². The summed E-state index contributed by atoms with van der Waals surface area (Å²) in [5, 5.41) is 5.32. The Hall–Kier alpha value is -1.30. The van der Waals surface area contributed by atoms with Crippen molar-refractivity contribution in [3.05, 3.63) is 29.3 Å². The third-order valence-corrected chi connectivity index (χ3v) is 3.36. The molecule has 6 heteroatoms. The fraction of sp³-hybridized carbons (Fsp3) is 0.500. The van der Waals surface area contributed by atoms with Gasteiger partial charge in [-0.1, -0.05) is 6.92 Å². The molecule has 0 aliphatic heterocycles. The van der Waals surface area contributed by atoms with Crippen molar-refractivity contribution in [1.29, 1.82) is 0 Å². The van der Waals surface area contributed by atoms with E-state index >= 15 is 0 Å². The van der Waals surface area contributed by atoms with Crippen LogP contribution in [0.4, 0.5) is 14.5 Å². The van der Waals surface area contributed by atoms with E-state index in [0.29, 0.717) is 13.1 Å². The van der Waals surface area contributed by atoms with Crippen LogP contribution in [0.5, 0.6) is 0 Å². The predicted molar refractivity (Wildman–Crippen MR) is 80.5 cm³/mol. The molecule has 0 unspecified atom stereocenters. The predicted octanol–water partition coefficient (Wildman–Crippen LogP) is 3.27. The van der Waals surface area contributed by atoms with Crippen LogP contribution in [0.15, 0.2) is 12.1 Å². The van der Waals surface area contributed by atoms with Crippen LogP contribution in [0.25, 0.3) is 0 Å². The number of benzene rings is 1. The molecule has 0 radical (unpaired) electrons. The van der Waals surface area contributed by atoms with E-state index < -0.39 is 17.5 Å². The second kappa shape index (κ2) is 8.79. The maximum Gasteiger partial charge on any atom is 0.251 e. The molecule has 0 atom stereocenters. The van der Waals surface area contributed by atoms with Gasteiger partial charge in [0.15, 0.2) is 0 Å². The summed E-state index contributed by atoms with van der Waals surface area (Å²) in [6, 6.07) is 2.12. The molecule has 0 aromatic heterocycles. The van der Waals surface area contributed by atoms with E-state index in [1.54, 1.807) is 11.8 Å². The minimum absolute atomic E-state index is 0.00574. The van der Waals surface area contributed by atoms with Crippen molar-refractivity contribution < 1.29 is 13.6 Å². The fourth-order valence-electron chi connectivity index (χ4n) is 1.64. The quantitative estimate of drug-likeness (QED) is 0.724. The smallest absolute Gasteiger partial charge is 0.251 e. The number of rotatable bonds is 8. The number of hydrogen-bond donors (Lipinski definition) is 2. The maximum atomic E-state index is 13.8. The molecule has 0 fully saturated rings. The largest absolute Gasteiger partial charge is 0.380 e. The van der Waals surface area contributed by atoms with Crippen molar-refractivity contribution in [1.82, 2.24) is 5.32 Å². The summed E-state index contributed by atoms with van der Waals surface area (Å²) in [5.74, 6) is -1.01. The van der Waals surface area contributed by atoms with Crippen LogP contribution in [0.2, 0.25) is 0 Å². The lowest BCUT2D eigenvalue weighted by atomic mass is 10.1. The third-order valence-electron chi connectivity index (χ3n) is 2.67. The molecular weight excluding hydrogens is 282 g/mol. The molecule has 112 valence electrons. The lowest BCUT2D eigenvalue weighted by Gasteiger charge is -2.10. The van der Waals surface area contributed by atoms with Crippen molar-refractivity contribution in [3.8, 4) is 0 Å². The van der Waals surface area contributed by atoms with Gasteiger partial charge in [-0.3, -0.25) is 4.79 Å². The van der Waals surface area contributed by atoms with Crippen LogP contribution in [0, 0.1) is 11.6 Å². The van der Waals surface area contributed by atoms with Gasteiger partial charge in [0.2, 0.25) is 0 Å². The molecule has 1 aromatic rings. The lowest BCUT2D eigenvalue weighted by Crippen LogP contribution is -2.25. The number of nitrogens with one attached hydrogen (secondary N) is 2. The zero-order valence-electron chi connectivity index (χ0n) is 11.8. The van der Waals surface area contributed by atoms with E-state index in [1.807, 2.05) is 13.2 Å². The van der Waals surface area contributed by atoms with E-state index in [9.17, 15) is 13.6 Å². The summed E-state index contributed by atoms with van der Waals surface area (Å²) in [7, 11) is 0. The van der Waals surface area contributed by atoms with Gasteiger partial charge in [-0.25, -0.2) is 8.78 Å². The Bertz CT molecular complexity index is 432. The molecule has 0 saturated heterocycles. The minimum atomic E-state index is -0.743. The van der Waals surface area contributed by atoms with Crippen LogP contribution in [0.1, 0.15) is 30.1 Å². The second-order valence-corrected chi connectivity index (χ2v) is 5.33. The number of halogens is 2. The number of thioether (sulfide) groups is 1. The summed E-state index contributed by atoms with van der Waals surface area (Å²) in [6.07, 6.45) is 3.57. The van der Waals surface area contributed by atoms with Gasteiger partial charge in [-0.2, -0.15) is 11.8 Å². The van der Waals surface area contributed by atoms with Crippen LogP contribution in [0.3, 0.4) is 0 Å². The topological polar surface area (TPSA) is 41.1 Å². The number of anilines is 1. The molecule has 1 rings (SSSR count). The van der Waals surface area contributed by atoms with Crippen LogP contribution >= 0.6 is 11.8 Å². The first-order chi connectivity index (χ1) is 9.60. The molecule has 0 aliphatic carbocycles. The number of hydrogen-bond acceptors (Lipinski definition) is 3. The normalized spacial score (nSPS) is 10.4. The van der Waals surface area contributed by atoms with Crippen molar-refractivity contribution in [2.75, 3.05) is 30.4 Å². The summed E-state index contributed by atoms with van der Waals surface area (Å²) in [6.45, 7) is 2.88. The Labute approximate surface area is 122 Å². The Morgan fingerprint density at radius 2 is 1.90 bits per heavy atom. The minimum Gasteiger partial charge on any atom is -0.380 e. The lowest BCUT2D eigenvalue weighted by molar-refractivity contribution is 0.0953. The Morgan fingerprint density at radius 1 is 1.25 bits per heavy atom. The van der Waals surface area contributed by atoms with Crippen LogP contribution < -0.4 is 10.6 Å². The van der Waals surface area contributed by atoms with Gasteiger partial charge in [-0.05, 0) is 37.0 Å². The first-order valence-electron chi connectivity index (χ1n) is 6.60. The highest BCUT2D eigenvalue weighted by atomic mass is 32.2. The molecule has 0 bridgehead atoms. The Kier molecular flexibility index (Phi) is 7.36. The van der Waals surface area contributed by atoms with Gasteiger partial charge in [-0.15, -0.1) is 0 Å². The standard InChI is InChI=1S/C14H20F2N2OS/c1-3-5-17-13-11(15)8-10(9-12(13)16)14(19)18-6-4-7-20-2/h8-9,17H,3-7H2,1-2H3,(H,18,19). The number of carbonyl (C=O) groups is 1. The highest BCUT2D eigenvalue weighted by molar-refractivity contribution is 7.98. The molecule has 2 N–H and O–H groups in total. The van der Waals surface area contributed by atoms with E-state index in [2.05, 4.69) is 10.6 Å². The van der Waals surface area contributed by atoms with Crippen molar-refractivity contribution >= 4 is 23.4 Å². The van der Waals surface area contributed by atoms with E-state index in [1.165, 1.54) is 0 Å². The van der Waals surface area contributed by atoms with Gasteiger partial charge in [0.25, 0.3) is 5.91 Å². The van der Waals surface area contributed by atoms with E-state index in [4.69, 9.17) is 0 Å². The molecule has 1 aromatic carbocycles. The summed E-state index contributed by atoms with van der Waals surface area (Å²) >= 11 is 1.68. The van der Waals surface area contributed by atoms with Gasteiger partial charge < -0.3 is 10.6 Å². The molecule has 20 heavy (non-hydrogen) atoms. The highest BCUT2D eigenvalue weighted by Gasteiger charge is 2.14. The average molecular weight is 302 g/mol. The number of amides is 1. The average Bonchev–Trinajstić information content (AvgIpc) is 2.42. The zero-order chi connectivity index (χ0) is 15.0. The fourth-order valence-corrected chi connectivity index (χ4v) is 2.08. The molecule has 0 heterocycles. The molecule has 3 nitrogen and oxygen atoms in total. The highest BCUT2D eigenvalue weighted by Crippen LogP contribution is 2.20. The van der Waals surface area contributed by atoms with E-state index in [-0.39, 0.29) is 11.3 Å². The van der Waals surface area contributed by atoms with Crippen molar-refractivity contribution in [3.63, 3.8) is 0 Å². The Balaban J connectivity index is 2.69. The van der Waals surface area contributed by atoms with Gasteiger partial charge in [0, 0.05) is 18.7 Å². The SMILES string of the molecule is CCCNc1c(F)cc(C(=O)NCCCSC)cc1F. The molecule has 1 amide bonds. The summed E-state index contributed by atoms with van der Waals surface area (Å²) in [5.41, 5.74) is -0.169. The monoisotopic (exact) mass is 302 g/mol. The van der Waals surface area contributed by atoms with E-state index in [0.717, 1.165) is 30.7 Å². The molecule has 0 saturated carbocycles. The van der Waals surface area contributed by atoms with Crippen molar-refractivity contribution in [2.45, 2.75) is 19.8 Å². The van der Waals surface area contributed by atoms with Crippen LogP contribution in [-0.2, 0) is 0 Å². The first kappa shape index (κ1) is 16.8. The van der Waals surface area contributed by atoms with Gasteiger partial charge in [0.1, 0.15) is 17.3 Å². The summed E-state index contributed by atoms with van der Waals surface area (Å²) in [4.78, 5) is 11.8. The number of carbonyl (C=O) groups excluding carboxylic acids is 1. The molecule has 0 aliphatic rings. The molecule has 0 spiro atoms. The third kappa shape index (κ3) is 5.00. The summed E-state index contributed by atoms with van der Waals surface area (Å²) < 4.78 is 27.5. The maximum absolute atomic E-state index is 13.8. The van der Waals surface area contributed by atoms with Crippen molar-refractivity contribution in [2.24, 2.45) is 0 Å².